The van der Waals surface area contributed by atoms with Crippen molar-refractivity contribution in [2.75, 3.05) is 13.6 Å². The highest BCUT2D eigenvalue weighted by Gasteiger charge is 2.27. The van der Waals surface area contributed by atoms with Gasteiger partial charge in [-0.2, -0.15) is 0 Å². The van der Waals surface area contributed by atoms with Crippen LogP contribution in [0.3, 0.4) is 0 Å². The molecule has 1 aliphatic rings. The van der Waals surface area contributed by atoms with E-state index < -0.39 is 10.0 Å². The zero-order valence-electron chi connectivity index (χ0n) is 10.1. The fourth-order valence-corrected chi connectivity index (χ4v) is 4.69. The Morgan fingerprint density at radius 3 is 2.76 bits per heavy atom. The molecule has 0 radical (unpaired) electrons. The maximum atomic E-state index is 12.2. The number of nitrogens with one attached hydrogen (secondary N) is 2. The fraction of sp³-hybridized carbons (Fsp3) is 0.636. The summed E-state index contributed by atoms with van der Waals surface area (Å²) < 4.78 is 27.1. The standard InChI is InChI=1S/C11H18N2O2S2/c1-8-7-16-10(6-12-2)11(8)17(14,15)13-5-9-3-4-9/h7,9,12-13H,3-6H2,1-2H3. The van der Waals surface area contributed by atoms with E-state index in [-0.39, 0.29) is 0 Å². The van der Waals surface area contributed by atoms with Crippen LogP contribution in [0.4, 0.5) is 0 Å². The van der Waals surface area contributed by atoms with Gasteiger partial charge in [0.05, 0.1) is 0 Å². The Bertz CT molecular complexity index is 490. The summed E-state index contributed by atoms with van der Waals surface area (Å²) in [6, 6.07) is 0. The van der Waals surface area contributed by atoms with E-state index in [0.29, 0.717) is 23.9 Å². The number of aryl methyl sites for hydroxylation is 1. The van der Waals surface area contributed by atoms with Gasteiger partial charge in [-0.15, -0.1) is 11.3 Å². The quantitative estimate of drug-likeness (QED) is 0.826. The summed E-state index contributed by atoms with van der Waals surface area (Å²) in [4.78, 5) is 1.35. The second-order valence-electron chi connectivity index (χ2n) is 4.50. The molecular weight excluding hydrogens is 256 g/mol. The Balaban J connectivity index is 2.20. The number of rotatable bonds is 6. The molecule has 0 atom stereocenters. The molecule has 0 unspecified atom stereocenters. The van der Waals surface area contributed by atoms with Gasteiger partial charge in [-0.25, -0.2) is 13.1 Å². The molecule has 2 rings (SSSR count). The first-order chi connectivity index (χ1) is 8.04. The van der Waals surface area contributed by atoms with Crippen LogP contribution < -0.4 is 10.0 Å². The van der Waals surface area contributed by atoms with Gasteiger partial charge in [-0.05, 0) is 43.7 Å². The van der Waals surface area contributed by atoms with E-state index in [9.17, 15) is 8.42 Å². The maximum Gasteiger partial charge on any atom is 0.241 e. The third kappa shape index (κ3) is 3.07. The molecule has 2 N–H and O–H groups in total. The predicted octanol–water partition coefficient (Wildman–Crippen LogP) is 1.46. The van der Waals surface area contributed by atoms with Crippen molar-refractivity contribution in [3.63, 3.8) is 0 Å². The molecule has 1 aromatic heterocycles. The van der Waals surface area contributed by atoms with Crippen LogP contribution in [-0.4, -0.2) is 22.0 Å². The molecule has 96 valence electrons. The second kappa shape index (κ2) is 5.06. The molecule has 1 aliphatic carbocycles. The maximum absolute atomic E-state index is 12.2. The van der Waals surface area contributed by atoms with Gasteiger partial charge in [-0.3, -0.25) is 0 Å². The minimum absolute atomic E-state index is 0.470. The lowest BCUT2D eigenvalue weighted by atomic mass is 10.3. The van der Waals surface area contributed by atoms with Gasteiger partial charge in [0.25, 0.3) is 0 Å². The molecular formula is C11H18N2O2S2. The summed E-state index contributed by atoms with van der Waals surface area (Å²) >= 11 is 1.50. The number of hydrogen-bond donors (Lipinski definition) is 2. The zero-order valence-corrected chi connectivity index (χ0v) is 11.7. The second-order valence-corrected chi connectivity index (χ2v) is 7.16. The fourth-order valence-electron chi connectivity index (χ4n) is 1.75. The van der Waals surface area contributed by atoms with Crippen LogP contribution in [0.5, 0.6) is 0 Å². The van der Waals surface area contributed by atoms with E-state index in [4.69, 9.17) is 0 Å². The Hall–Kier alpha value is -0.430. The topological polar surface area (TPSA) is 58.2 Å². The van der Waals surface area contributed by atoms with E-state index in [1.165, 1.54) is 11.3 Å². The van der Waals surface area contributed by atoms with Gasteiger partial charge in [0.2, 0.25) is 10.0 Å². The zero-order chi connectivity index (χ0) is 12.5. The van der Waals surface area contributed by atoms with Crippen molar-refractivity contribution in [3.05, 3.63) is 15.8 Å². The van der Waals surface area contributed by atoms with Gasteiger partial charge in [0.1, 0.15) is 4.90 Å². The van der Waals surface area contributed by atoms with Crippen molar-refractivity contribution in [1.82, 2.24) is 10.0 Å². The SMILES string of the molecule is CNCc1scc(C)c1S(=O)(=O)NCC1CC1. The molecule has 0 spiro atoms. The Labute approximate surface area is 106 Å². The Morgan fingerprint density at radius 1 is 1.47 bits per heavy atom. The molecule has 0 aromatic carbocycles. The van der Waals surface area contributed by atoms with Crippen molar-refractivity contribution in [1.29, 1.82) is 0 Å². The third-order valence-corrected chi connectivity index (χ3v) is 5.74. The van der Waals surface area contributed by atoms with Gasteiger partial charge in [0.15, 0.2) is 0 Å². The average Bonchev–Trinajstić information content (AvgIpc) is 3.01. The summed E-state index contributed by atoms with van der Waals surface area (Å²) in [6.07, 6.45) is 2.29. The van der Waals surface area contributed by atoms with Crippen molar-refractivity contribution < 1.29 is 8.42 Å². The lowest BCUT2D eigenvalue weighted by Crippen LogP contribution is -2.27. The van der Waals surface area contributed by atoms with Crippen molar-refractivity contribution in [2.24, 2.45) is 5.92 Å². The molecule has 4 nitrogen and oxygen atoms in total. The highest BCUT2D eigenvalue weighted by Crippen LogP contribution is 2.30. The number of hydrogen-bond acceptors (Lipinski definition) is 4. The summed E-state index contributed by atoms with van der Waals surface area (Å²) in [7, 11) is -1.51. The summed E-state index contributed by atoms with van der Waals surface area (Å²) in [5.41, 5.74) is 0.837. The Morgan fingerprint density at radius 2 is 2.18 bits per heavy atom. The number of sulfonamides is 1. The first-order valence-electron chi connectivity index (χ1n) is 5.76. The number of thiophene rings is 1. The summed E-state index contributed by atoms with van der Waals surface area (Å²) in [5.74, 6) is 0.552. The Kier molecular flexibility index (Phi) is 3.87. The highest BCUT2D eigenvalue weighted by molar-refractivity contribution is 7.89. The lowest BCUT2D eigenvalue weighted by molar-refractivity contribution is 0.575. The molecule has 1 fully saturated rings. The van der Waals surface area contributed by atoms with E-state index in [1.54, 1.807) is 0 Å². The molecule has 0 aliphatic heterocycles. The highest BCUT2D eigenvalue weighted by atomic mass is 32.2. The van der Waals surface area contributed by atoms with Gasteiger partial charge in [-0.1, -0.05) is 0 Å². The van der Waals surface area contributed by atoms with Crippen LogP contribution >= 0.6 is 11.3 Å². The molecule has 6 heteroatoms. The van der Waals surface area contributed by atoms with Gasteiger partial charge >= 0.3 is 0 Å². The average molecular weight is 274 g/mol. The third-order valence-electron chi connectivity index (χ3n) is 2.85. The monoisotopic (exact) mass is 274 g/mol. The van der Waals surface area contributed by atoms with Crippen LogP contribution in [0, 0.1) is 12.8 Å². The van der Waals surface area contributed by atoms with E-state index in [0.717, 1.165) is 23.3 Å². The van der Waals surface area contributed by atoms with Crippen molar-refractivity contribution in [2.45, 2.75) is 31.2 Å². The molecule has 0 saturated heterocycles. The summed E-state index contributed by atoms with van der Waals surface area (Å²) in [5, 5.41) is 4.91. The van der Waals surface area contributed by atoms with Crippen LogP contribution in [0.2, 0.25) is 0 Å². The van der Waals surface area contributed by atoms with Gasteiger partial charge < -0.3 is 5.32 Å². The molecule has 0 bridgehead atoms. The molecule has 0 amide bonds. The molecule has 1 aromatic rings. The van der Waals surface area contributed by atoms with Gasteiger partial charge in [0, 0.05) is 18.0 Å². The molecule has 1 heterocycles. The first kappa shape index (κ1) is 13.0. The first-order valence-corrected chi connectivity index (χ1v) is 8.12. The minimum Gasteiger partial charge on any atom is -0.315 e. The normalized spacial score (nSPS) is 16.4. The molecule has 17 heavy (non-hydrogen) atoms. The van der Waals surface area contributed by atoms with E-state index in [1.807, 2.05) is 19.4 Å². The van der Waals surface area contributed by atoms with E-state index in [2.05, 4.69) is 10.0 Å². The largest absolute Gasteiger partial charge is 0.315 e. The van der Waals surface area contributed by atoms with E-state index >= 15 is 0 Å². The molecule has 1 saturated carbocycles. The van der Waals surface area contributed by atoms with Crippen molar-refractivity contribution in [3.8, 4) is 0 Å². The van der Waals surface area contributed by atoms with Crippen molar-refractivity contribution >= 4 is 21.4 Å². The van der Waals surface area contributed by atoms with Crippen LogP contribution in [0.25, 0.3) is 0 Å². The lowest BCUT2D eigenvalue weighted by Gasteiger charge is -2.08. The summed E-state index contributed by atoms with van der Waals surface area (Å²) in [6.45, 7) is 3.02. The smallest absolute Gasteiger partial charge is 0.241 e. The van der Waals surface area contributed by atoms with Crippen LogP contribution in [0.15, 0.2) is 10.3 Å². The minimum atomic E-state index is -3.34. The predicted molar refractivity (Wildman–Crippen MR) is 69.7 cm³/mol. The van der Waals surface area contributed by atoms with Crippen LogP contribution in [-0.2, 0) is 16.6 Å². The van der Waals surface area contributed by atoms with Crippen LogP contribution in [0.1, 0.15) is 23.3 Å².